The Hall–Kier alpha value is -2.61. The van der Waals surface area contributed by atoms with Crippen LogP contribution in [-0.4, -0.2) is 18.5 Å². The molecule has 4 rings (SSSR count). The molecule has 0 saturated carbocycles. The Labute approximate surface area is 130 Å². The topological polar surface area (TPSA) is 21.6 Å². The van der Waals surface area contributed by atoms with E-state index in [1.807, 2.05) is 6.07 Å². The predicted molar refractivity (Wildman–Crippen MR) is 90.4 cm³/mol. The third kappa shape index (κ3) is 2.48. The lowest BCUT2D eigenvalue weighted by Crippen LogP contribution is -2.09. The van der Waals surface area contributed by atoms with Gasteiger partial charge in [-0.3, -0.25) is 0 Å². The molecule has 1 atom stereocenters. The van der Waals surface area contributed by atoms with Crippen LogP contribution in [0.2, 0.25) is 0 Å². The molecule has 1 aliphatic rings. The zero-order valence-electron chi connectivity index (χ0n) is 12.3. The number of rotatable bonds is 3. The zero-order chi connectivity index (χ0) is 14.8. The summed E-state index contributed by atoms with van der Waals surface area (Å²) in [5.74, 6) is 0.776. The van der Waals surface area contributed by atoms with Gasteiger partial charge < -0.3 is 4.74 Å². The van der Waals surface area contributed by atoms with Gasteiger partial charge in [-0.25, -0.2) is 4.99 Å². The van der Waals surface area contributed by atoms with Gasteiger partial charge in [0.25, 0.3) is 0 Å². The van der Waals surface area contributed by atoms with E-state index in [9.17, 15) is 0 Å². The number of aliphatic imine (C=N–C) groups is 1. The molecule has 0 saturated heterocycles. The number of benzene rings is 3. The molecule has 108 valence electrons. The smallest absolute Gasteiger partial charge is 0.217 e. The fourth-order valence-electron chi connectivity index (χ4n) is 2.97. The highest BCUT2D eigenvalue weighted by molar-refractivity contribution is 6.07. The normalized spacial score (nSPS) is 17.3. The molecule has 3 aromatic carbocycles. The van der Waals surface area contributed by atoms with E-state index in [0.717, 1.165) is 17.9 Å². The van der Waals surface area contributed by atoms with Gasteiger partial charge in [-0.2, -0.15) is 0 Å². The summed E-state index contributed by atoms with van der Waals surface area (Å²) < 4.78 is 5.88. The van der Waals surface area contributed by atoms with E-state index in [-0.39, 0.29) is 6.04 Å². The minimum absolute atomic E-state index is 0.205. The Bertz CT molecular complexity index is 818. The van der Waals surface area contributed by atoms with E-state index in [4.69, 9.17) is 9.73 Å². The van der Waals surface area contributed by atoms with E-state index >= 15 is 0 Å². The number of hydrogen-bond donors (Lipinski definition) is 0. The van der Waals surface area contributed by atoms with Crippen molar-refractivity contribution in [1.82, 2.24) is 0 Å². The van der Waals surface area contributed by atoms with Crippen molar-refractivity contribution < 1.29 is 4.74 Å². The van der Waals surface area contributed by atoms with Crippen molar-refractivity contribution in [2.45, 2.75) is 12.5 Å². The SMILES string of the molecule is c1ccc(C[C@@H]2COC(c3cccc4ccccc34)=N2)cc1. The zero-order valence-corrected chi connectivity index (χ0v) is 12.3. The first-order valence-electron chi connectivity index (χ1n) is 7.63. The quantitative estimate of drug-likeness (QED) is 0.706. The second-order valence-corrected chi connectivity index (χ2v) is 5.62. The monoisotopic (exact) mass is 287 g/mol. The number of hydrogen-bond acceptors (Lipinski definition) is 2. The van der Waals surface area contributed by atoms with Gasteiger partial charge in [0.15, 0.2) is 0 Å². The fourth-order valence-corrected chi connectivity index (χ4v) is 2.97. The molecule has 22 heavy (non-hydrogen) atoms. The third-order valence-electron chi connectivity index (χ3n) is 4.05. The molecular formula is C20H17NO. The van der Waals surface area contributed by atoms with Crippen LogP contribution < -0.4 is 0 Å². The lowest BCUT2D eigenvalue weighted by molar-refractivity contribution is 0.317. The van der Waals surface area contributed by atoms with Crippen molar-refractivity contribution in [3.63, 3.8) is 0 Å². The Balaban J connectivity index is 1.64. The van der Waals surface area contributed by atoms with Crippen LogP contribution in [0.3, 0.4) is 0 Å². The molecule has 0 amide bonds. The summed E-state index contributed by atoms with van der Waals surface area (Å²) >= 11 is 0. The summed E-state index contributed by atoms with van der Waals surface area (Å²) in [5.41, 5.74) is 2.40. The Kier molecular flexibility index (Phi) is 3.36. The molecule has 0 aromatic heterocycles. The highest BCUT2D eigenvalue weighted by atomic mass is 16.5. The van der Waals surface area contributed by atoms with E-state index in [0.29, 0.717) is 6.61 Å². The molecule has 0 fully saturated rings. The van der Waals surface area contributed by atoms with Crippen molar-refractivity contribution in [1.29, 1.82) is 0 Å². The second-order valence-electron chi connectivity index (χ2n) is 5.62. The van der Waals surface area contributed by atoms with E-state index in [1.165, 1.54) is 16.3 Å². The molecule has 1 heterocycles. The molecule has 2 heteroatoms. The standard InChI is InChI=1S/C20H17NO/c1-2-7-15(8-3-1)13-17-14-22-20(21-17)19-12-6-10-16-9-4-5-11-18(16)19/h1-12,17H,13-14H2/t17-/m1/s1. The molecule has 0 radical (unpaired) electrons. The summed E-state index contributed by atoms with van der Waals surface area (Å²) in [5, 5.41) is 2.42. The fraction of sp³-hybridized carbons (Fsp3) is 0.150. The summed E-state index contributed by atoms with van der Waals surface area (Å²) in [6, 6.07) is 25.3. The van der Waals surface area contributed by atoms with Gasteiger partial charge in [0.05, 0.1) is 6.04 Å². The van der Waals surface area contributed by atoms with Crippen LogP contribution in [0, 0.1) is 0 Å². The van der Waals surface area contributed by atoms with Crippen LogP contribution in [0.15, 0.2) is 77.8 Å². The van der Waals surface area contributed by atoms with Crippen LogP contribution in [0.4, 0.5) is 0 Å². The maximum Gasteiger partial charge on any atom is 0.217 e. The second kappa shape index (κ2) is 5.64. The van der Waals surface area contributed by atoms with Crippen LogP contribution in [0.1, 0.15) is 11.1 Å². The average molecular weight is 287 g/mol. The lowest BCUT2D eigenvalue weighted by Gasteiger charge is -2.05. The maximum atomic E-state index is 5.88. The van der Waals surface area contributed by atoms with Gasteiger partial charge in [0.1, 0.15) is 6.61 Å². The van der Waals surface area contributed by atoms with Crippen molar-refractivity contribution in [2.24, 2.45) is 4.99 Å². The number of fused-ring (bicyclic) bond motifs is 1. The Morgan fingerprint density at radius 1 is 0.864 bits per heavy atom. The molecule has 0 spiro atoms. The first-order chi connectivity index (χ1) is 10.9. The highest BCUT2D eigenvalue weighted by Crippen LogP contribution is 2.23. The number of nitrogens with zero attached hydrogens (tertiary/aromatic N) is 1. The van der Waals surface area contributed by atoms with E-state index < -0.39 is 0 Å². The summed E-state index contributed by atoms with van der Waals surface area (Å²) in [4.78, 5) is 4.80. The van der Waals surface area contributed by atoms with Gasteiger partial charge in [-0.05, 0) is 28.8 Å². The van der Waals surface area contributed by atoms with Gasteiger partial charge >= 0.3 is 0 Å². The lowest BCUT2D eigenvalue weighted by atomic mass is 10.0. The summed E-state index contributed by atoms with van der Waals surface area (Å²) in [6.07, 6.45) is 0.926. The molecule has 3 aromatic rings. The van der Waals surface area contributed by atoms with Crippen LogP contribution in [0.25, 0.3) is 10.8 Å². The Morgan fingerprint density at radius 3 is 2.55 bits per heavy atom. The molecule has 0 unspecified atom stereocenters. The molecule has 0 aliphatic carbocycles. The van der Waals surface area contributed by atoms with E-state index in [1.54, 1.807) is 0 Å². The Morgan fingerprint density at radius 2 is 1.64 bits per heavy atom. The van der Waals surface area contributed by atoms with Gasteiger partial charge in [0, 0.05) is 5.56 Å². The summed E-state index contributed by atoms with van der Waals surface area (Å²) in [6.45, 7) is 0.660. The highest BCUT2D eigenvalue weighted by Gasteiger charge is 2.21. The molecule has 2 nitrogen and oxygen atoms in total. The molecule has 0 bridgehead atoms. The minimum Gasteiger partial charge on any atom is -0.475 e. The van der Waals surface area contributed by atoms with Crippen LogP contribution in [-0.2, 0) is 11.2 Å². The third-order valence-corrected chi connectivity index (χ3v) is 4.05. The van der Waals surface area contributed by atoms with Crippen LogP contribution >= 0.6 is 0 Å². The number of ether oxygens (including phenoxy) is 1. The van der Waals surface area contributed by atoms with E-state index in [2.05, 4.69) is 66.7 Å². The molecular weight excluding hydrogens is 270 g/mol. The van der Waals surface area contributed by atoms with Crippen molar-refractivity contribution in [3.05, 3.63) is 83.9 Å². The first-order valence-corrected chi connectivity index (χ1v) is 7.63. The van der Waals surface area contributed by atoms with Crippen molar-refractivity contribution in [2.75, 3.05) is 6.61 Å². The molecule has 0 N–H and O–H groups in total. The minimum atomic E-state index is 0.205. The largest absolute Gasteiger partial charge is 0.475 e. The maximum absolute atomic E-state index is 5.88. The van der Waals surface area contributed by atoms with Crippen LogP contribution in [0.5, 0.6) is 0 Å². The molecule has 1 aliphatic heterocycles. The predicted octanol–water partition coefficient (Wildman–Crippen LogP) is 4.23. The van der Waals surface area contributed by atoms with Gasteiger partial charge in [-0.15, -0.1) is 0 Å². The van der Waals surface area contributed by atoms with Gasteiger partial charge in [-0.1, -0.05) is 66.7 Å². The average Bonchev–Trinajstić information content (AvgIpc) is 3.03. The summed E-state index contributed by atoms with van der Waals surface area (Å²) in [7, 11) is 0. The van der Waals surface area contributed by atoms with Gasteiger partial charge in [0.2, 0.25) is 5.90 Å². The van der Waals surface area contributed by atoms with Crippen molar-refractivity contribution in [3.8, 4) is 0 Å². The van der Waals surface area contributed by atoms with Crippen molar-refractivity contribution >= 4 is 16.7 Å². The first kappa shape index (κ1) is 13.1.